The van der Waals surface area contributed by atoms with Gasteiger partial charge in [0.1, 0.15) is 12.4 Å². The largest absolute Gasteiger partial charge is 0.489 e. The number of hydrazone groups is 1. The first kappa shape index (κ1) is 14.2. The molecule has 1 aromatic heterocycles. The maximum absolute atomic E-state index is 5.88. The Balaban J connectivity index is 1.81. The van der Waals surface area contributed by atoms with Crippen molar-refractivity contribution in [3.63, 3.8) is 0 Å². The van der Waals surface area contributed by atoms with E-state index in [9.17, 15) is 0 Å². The van der Waals surface area contributed by atoms with Crippen LogP contribution >= 0.6 is 0 Å². The molecule has 2 aromatic carbocycles. The Kier molecular flexibility index (Phi) is 4.10. The van der Waals surface area contributed by atoms with Crippen molar-refractivity contribution in [2.75, 3.05) is 14.1 Å². The number of hydrogen-bond acceptors (Lipinski definition) is 3. The number of nitrogens with one attached hydrogen (secondary N) is 1. The standard InChI is InChI=1S/C18H19N3O/c1-21(2)20-12-15-11-19-18-9-8-16(10-17(15)18)22-13-14-6-4-3-5-7-14/h3-12,19H,13H2,1-2H3/b20-12-. The van der Waals surface area contributed by atoms with Crippen LogP contribution in [-0.2, 0) is 6.61 Å². The molecular weight excluding hydrogens is 274 g/mol. The SMILES string of the molecule is CN(C)/N=C\c1c[nH]c2ccc(OCc3ccccc3)cc12. The van der Waals surface area contributed by atoms with Gasteiger partial charge in [-0.15, -0.1) is 0 Å². The molecule has 3 rings (SSSR count). The molecule has 1 N–H and O–H groups in total. The third-order valence-electron chi connectivity index (χ3n) is 3.36. The van der Waals surface area contributed by atoms with Gasteiger partial charge in [0.2, 0.25) is 0 Å². The van der Waals surface area contributed by atoms with Crippen LogP contribution in [0.3, 0.4) is 0 Å². The van der Waals surface area contributed by atoms with Gasteiger partial charge in [0.15, 0.2) is 0 Å². The van der Waals surface area contributed by atoms with Gasteiger partial charge >= 0.3 is 0 Å². The summed E-state index contributed by atoms with van der Waals surface area (Å²) < 4.78 is 5.88. The van der Waals surface area contributed by atoms with Gasteiger partial charge in [-0.1, -0.05) is 30.3 Å². The minimum absolute atomic E-state index is 0.567. The van der Waals surface area contributed by atoms with Gasteiger partial charge in [-0.3, -0.25) is 0 Å². The van der Waals surface area contributed by atoms with E-state index in [0.29, 0.717) is 6.61 Å². The molecule has 0 fully saturated rings. The van der Waals surface area contributed by atoms with Gasteiger partial charge in [0.25, 0.3) is 0 Å². The van der Waals surface area contributed by atoms with Crippen molar-refractivity contribution in [1.29, 1.82) is 0 Å². The zero-order chi connectivity index (χ0) is 15.4. The maximum atomic E-state index is 5.88. The Hall–Kier alpha value is -2.75. The predicted molar refractivity (Wildman–Crippen MR) is 90.4 cm³/mol. The van der Waals surface area contributed by atoms with E-state index in [1.165, 1.54) is 0 Å². The third-order valence-corrected chi connectivity index (χ3v) is 3.36. The number of H-pyrrole nitrogens is 1. The molecule has 0 amide bonds. The number of aromatic amines is 1. The molecule has 1 heterocycles. The van der Waals surface area contributed by atoms with E-state index in [1.807, 2.05) is 62.9 Å². The second-order valence-electron chi connectivity index (χ2n) is 5.32. The molecule has 0 saturated heterocycles. The van der Waals surface area contributed by atoms with Crippen molar-refractivity contribution < 1.29 is 4.74 Å². The normalized spacial score (nSPS) is 11.2. The molecule has 0 spiro atoms. The zero-order valence-electron chi connectivity index (χ0n) is 12.8. The molecule has 3 aromatic rings. The molecule has 0 aliphatic rings. The van der Waals surface area contributed by atoms with E-state index in [-0.39, 0.29) is 0 Å². The van der Waals surface area contributed by atoms with Gasteiger partial charge in [0.05, 0.1) is 6.21 Å². The van der Waals surface area contributed by atoms with Crippen LogP contribution in [0.2, 0.25) is 0 Å². The van der Waals surface area contributed by atoms with Crippen molar-refractivity contribution in [3.05, 3.63) is 65.9 Å². The Morgan fingerprint density at radius 3 is 2.73 bits per heavy atom. The fourth-order valence-corrected chi connectivity index (χ4v) is 2.24. The van der Waals surface area contributed by atoms with Gasteiger partial charge in [0, 0.05) is 36.8 Å². The lowest BCUT2D eigenvalue weighted by molar-refractivity contribution is 0.306. The van der Waals surface area contributed by atoms with Crippen LogP contribution in [0.4, 0.5) is 0 Å². The quantitative estimate of drug-likeness (QED) is 0.576. The second-order valence-corrected chi connectivity index (χ2v) is 5.32. The molecule has 0 radical (unpaired) electrons. The van der Waals surface area contributed by atoms with E-state index in [2.05, 4.69) is 22.2 Å². The Bertz CT molecular complexity index is 775. The van der Waals surface area contributed by atoms with Gasteiger partial charge in [-0.25, -0.2) is 0 Å². The summed E-state index contributed by atoms with van der Waals surface area (Å²) in [5.41, 5.74) is 3.28. The van der Waals surface area contributed by atoms with Gasteiger partial charge in [-0.05, 0) is 23.8 Å². The molecule has 0 atom stereocenters. The van der Waals surface area contributed by atoms with Crippen molar-refractivity contribution >= 4 is 17.1 Å². The molecule has 0 unspecified atom stereocenters. The highest BCUT2D eigenvalue weighted by atomic mass is 16.5. The van der Waals surface area contributed by atoms with Crippen molar-refractivity contribution in [1.82, 2.24) is 9.99 Å². The molecule has 0 bridgehead atoms. The average Bonchev–Trinajstić information content (AvgIpc) is 2.94. The highest BCUT2D eigenvalue weighted by Crippen LogP contribution is 2.23. The molecule has 22 heavy (non-hydrogen) atoms. The molecule has 0 aliphatic heterocycles. The number of hydrogen-bond donors (Lipinski definition) is 1. The van der Waals surface area contributed by atoms with Crippen LogP contribution in [0.25, 0.3) is 10.9 Å². The lowest BCUT2D eigenvalue weighted by atomic mass is 10.2. The van der Waals surface area contributed by atoms with E-state index in [1.54, 1.807) is 5.01 Å². The molecule has 4 nitrogen and oxygen atoms in total. The van der Waals surface area contributed by atoms with Gasteiger partial charge in [-0.2, -0.15) is 5.10 Å². The minimum atomic E-state index is 0.567. The molecule has 4 heteroatoms. The highest BCUT2D eigenvalue weighted by molar-refractivity contribution is 5.99. The first-order valence-electron chi connectivity index (χ1n) is 7.21. The number of aromatic nitrogens is 1. The number of nitrogens with zero attached hydrogens (tertiary/aromatic N) is 2. The van der Waals surface area contributed by atoms with E-state index in [0.717, 1.165) is 27.8 Å². The average molecular weight is 293 g/mol. The Morgan fingerprint density at radius 2 is 1.95 bits per heavy atom. The van der Waals surface area contributed by atoms with Crippen LogP contribution in [-0.4, -0.2) is 30.3 Å². The summed E-state index contributed by atoms with van der Waals surface area (Å²) in [5.74, 6) is 0.857. The topological polar surface area (TPSA) is 40.6 Å². The van der Waals surface area contributed by atoms with Crippen molar-refractivity contribution in [2.45, 2.75) is 6.61 Å². The summed E-state index contributed by atoms with van der Waals surface area (Å²) in [7, 11) is 3.81. The third kappa shape index (κ3) is 3.28. The summed E-state index contributed by atoms with van der Waals surface area (Å²) in [6, 6.07) is 16.2. The molecular formula is C18H19N3O. The first-order chi connectivity index (χ1) is 10.7. The van der Waals surface area contributed by atoms with E-state index in [4.69, 9.17) is 4.74 Å². The van der Waals surface area contributed by atoms with E-state index < -0.39 is 0 Å². The predicted octanol–water partition coefficient (Wildman–Crippen LogP) is 3.64. The summed E-state index contributed by atoms with van der Waals surface area (Å²) in [5, 5.41) is 7.17. The lowest BCUT2D eigenvalue weighted by Crippen LogP contribution is -2.01. The maximum Gasteiger partial charge on any atom is 0.120 e. The van der Waals surface area contributed by atoms with Crippen molar-refractivity contribution in [2.24, 2.45) is 5.10 Å². The summed E-state index contributed by atoms with van der Waals surface area (Å²) in [6.07, 6.45) is 3.80. The monoisotopic (exact) mass is 293 g/mol. The second kappa shape index (κ2) is 6.35. The summed E-state index contributed by atoms with van der Waals surface area (Å²) >= 11 is 0. The fourth-order valence-electron chi connectivity index (χ4n) is 2.24. The van der Waals surface area contributed by atoms with E-state index >= 15 is 0 Å². The zero-order valence-corrected chi connectivity index (χ0v) is 12.8. The van der Waals surface area contributed by atoms with Crippen LogP contribution in [0.15, 0.2) is 59.8 Å². The first-order valence-corrected chi connectivity index (χ1v) is 7.21. The number of fused-ring (bicyclic) bond motifs is 1. The number of rotatable bonds is 5. The highest BCUT2D eigenvalue weighted by Gasteiger charge is 2.04. The summed E-state index contributed by atoms with van der Waals surface area (Å²) in [6.45, 7) is 0.567. The van der Waals surface area contributed by atoms with Crippen LogP contribution in [0.5, 0.6) is 5.75 Å². The molecule has 0 saturated carbocycles. The summed E-state index contributed by atoms with van der Waals surface area (Å²) in [4.78, 5) is 3.25. The van der Waals surface area contributed by atoms with Crippen LogP contribution in [0.1, 0.15) is 11.1 Å². The lowest BCUT2D eigenvalue weighted by Gasteiger charge is -2.06. The smallest absolute Gasteiger partial charge is 0.120 e. The fraction of sp³-hybridized carbons (Fsp3) is 0.167. The van der Waals surface area contributed by atoms with Crippen molar-refractivity contribution in [3.8, 4) is 5.75 Å². The molecule has 0 aliphatic carbocycles. The molecule has 112 valence electrons. The van der Waals surface area contributed by atoms with Crippen LogP contribution in [0, 0.1) is 0 Å². The number of benzene rings is 2. The van der Waals surface area contributed by atoms with Gasteiger partial charge < -0.3 is 14.7 Å². The minimum Gasteiger partial charge on any atom is -0.489 e. The number of ether oxygens (including phenoxy) is 1. The Morgan fingerprint density at radius 1 is 1.14 bits per heavy atom. The van der Waals surface area contributed by atoms with Crippen LogP contribution < -0.4 is 4.74 Å². The Labute approximate surface area is 130 Å².